The molecule has 0 amide bonds. The maximum absolute atomic E-state index is 14.1. The maximum atomic E-state index is 14.1. The maximum Gasteiger partial charge on any atom is 0.128 e. The Kier molecular flexibility index (Phi) is 7.27. The second-order valence-electron chi connectivity index (χ2n) is 4.98. The molecule has 1 N–H and O–H groups in total. The molecule has 1 aromatic carbocycles. The number of hydrogen-bond acceptors (Lipinski definition) is 3. The zero-order valence-electron chi connectivity index (χ0n) is 12.2. The van der Waals surface area contributed by atoms with Crippen molar-refractivity contribution < 1.29 is 9.13 Å². The number of nitrogens with zero attached hydrogens (tertiary/aromatic N) is 1. The van der Waals surface area contributed by atoms with Gasteiger partial charge in [0.2, 0.25) is 0 Å². The second-order valence-corrected chi connectivity index (χ2v) is 4.98. The lowest BCUT2D eigenvalue weighted by Gasteiger charge is -2.35. The van der Waals surface area contributed by atoms with Crippen molar-refractivity contribution in [3.63, 3.8) is 0 Å². The SMILES string of the molecule is CCC[C@H](c1cc(OC)ccc1F)N1CCNCC1.Cl. The fraction of sp³-hybridized carbons (Fsp3) is 0.600. The van der Waals surface area contributed by atoms with Gasteiger partial charge in [0, 0.05) is 37.8 Å². The Bertz CT molecular complexity index is 411. The van der Waals surface area contributed by atoms with E-state index in [1.165, 1.54) is 6.07 Å². The van der Waals surface area contributed by atoms with E-state index in [0.29, 0.717) is 0 Å². The van der Waals surface area contributed by atoms with Crippen LogP contribution in [0.15, 0.2) is 18.2 Å². The summed E-state index contributed by atoms with van der Waals surface area (Å²) in [6, 6.07) is 5.19. The van der Waals surface area contributed by atoms with Crippen molar-refractivity contribution in [1.29, 1.82) is 0 Å². The van der Waals surface area contributed by atoms with Crippen LogP contribution in [0.25, 0.3) is 0 Å². The molecule has 2 rings (SSSR count). The van der Waals surface area contributed by atoms with Gasteiger partial charge in [0.05, 0.1) is 7.11 Å². The van der Waals surface area contributed by atoms with Gasteiger partial charge in [-0.15, -0.1) is 12.4 Å². The predicted molar refractivity (Wildman–Crippen MR) is 82.3 cm³/mol. The summed E-state index contributed by atoms with van der Waals surface area (Å²) in [6.45, 7) is 6.05. The lowest BCUT2D eigenvalue weighted by atomic mass is 9.99. The minimum atomic E-state index is -0.127. The molecule has 1 atom stereocenters. The highest BCUT2D eigenvalue weighted by Gasteiger charge is 2.24. The fourth-order valence-electron chi connectivity index (χ4n) is 2.71. The number of rotatable bonds is 5. The first kappa shape index (κ1) is 17.2. The summed E-state index contributed by atoms with van der Waals surface area (Å²) >= 11 is 0. The average molecular weight is 303 g/mol. The molecule has 5 heteroatoms. The standard InChI is InChI=1S/C15H23FN2O.ClH/c1-3-4-15(18-9-7-17-8-10-18)13-11-12(19-2)5-6-14(13)16;/h5-6,11,15,17H,3-4,7-10H2,1-2H3;1H/t15-;/m1./s1. The summed E-state index contributed by atoms with van der Waals surface area (Å²) in [4.78, 5) is 2.37. The van der Waals surface area contributed by atoms with E-state index in [0.717, 1.165) is 50.3 Å². The molecule has 1 saturated heterocycles. The Hall–Kier alpha value is -0.840. The summed E-state index contributed by atoms with van der Waals surface area (Å²) in [5.74, 6) is 0.602. The first-order valence-corrected chi connectivity index (χ1v) is 7.04. The van der Waals surface area contributed by atoms with Crippen LogP contribution in [0, 0.1) is 5.82 Å². The Balaban J connectivity index is 0.00000200. The number of methoxy groups -OCH3 is 1. The Morgan fingerprint density at radius 3 is 2.65 bits per heavy atom. The largest absolute Gasteiger partial charge is 0.497 e. The minimum Gasteiger partial charge on any atom is -0.497 e. The molecule has 3 nitrogen and oxygen atoms in total. The highest BCUT2D eigenvalue weighted by molar-refractivity contribution is 5.85. The number of halogens is 2. The number of nitrogens with one attached hydrogen (secondary N) is 1. The van der Waals surface area contributed by atoms with Crippen LogP contribution in [0.2, 0.25) is 0 Å². The van der Waals surface area contributed by atoms with Gasteiger partial charge in [0.15, 0.2) is 0 Å². The zero-order chi connectivity index (χ0) is 13.7. The van der Waals surface area contributed by atoms with E-state index in [2.05, 4.69) is 17.1 Å². The average Bonchev–Trinajstić information content (AvgIpc) is 2.47. The van der Waals surface area contributed by atoms with Gasteiger partial charge in [0.1, 0.15) is 11.6 Å². The van der Waals surface area contributed by atoms with E-state index < -0.39 is 0 Å². The Morgan fingerprint density at radius 1 is 1.35 bits per heavy atom. The Morgan fingerprint density at radius 2 is 2.05 bits per heavy atom. The summed E-state index contributed by atoms with van der Waals surface area (Å²) < 4.78 is 19.4. The minimum absolute atomic E-state index is 0. The molecule has 0 bridgehead atoms. The van der Waals surface area contributed by atoms with Gasteiger partial charge < -0.3 is 10.1 Å². The number of benzene rings is 1. The molecule has 20 heavy (non-hydrogen) atoms. The molecular formula is C15H24ClFN2O. The quantitative estimate of drug-likeness (QED) is 0.905. The third-order valence-corrected chi connectivity index (χ3v) is 3.72. The molecule has 1 aliphatic heterocycles. The normalized spacial score (nSPS) is 17.4. The van der Waals surface area contributed by atoms with Crippen LogP contribution in [0.3, 0.4) is 0 Å². The second kappa shape index (κ2) is 8.45. The summed E-state index contributed by atoms with van der Waals surface area (Å²) in [5, 5.41) is 3.34. The van der Waals surface area contributed by atoms with E-state index in [-0.39, 0.29) is 24.3 Å². The molecule has 0 spiro atoms. The first-order chi connectivity index (χ1) is 9.26. The summed E-state index contributed by atoms with van der Waals surface area (Å²) in [6.07, 6.45) is 2.02. The van der Waals surface area contributed by atoms with Gasteiger partial charge in [-0.25, -0.2) is 4.39 Å². The lowest BCUT2D eigenvalue weighted by Crippen LogP contribution is -2.45. The van der Waals surface area contributed by atoms with E-state index in [1.807, 2.05) is 6.07 Å². The third kappa shape index (κ3) is 4.08. The summed E-state index contributed by atoms with van der Waals surface area (Å²) in [7, 11) is 1.62. The topological polar surface area (TPSA) is 24.5 Å². The molecule has 0 radical (unpaired) electrons. The van der Waals surface area contributed by atoms with Gasteiger partial charge >= 0.3 is 0 Å². The van der Waals surface area contributed by atoms with Gasteiger partial charge in [-0.2, -0.15) is 0 Å². The van der Waals surface area contributed by atoms with E-state index in [9.17, 15) is 4.39 Å². The Labute approximate surface area is 126 Å². The molecule has 1 aliphatic rings. The summed E-state index contributed by atoms with van der Waals surface area (Å²) in [5.41, 5.74) is 0.767. The van der Waals surface area contributed by atoms with Crippen molar-refractivity contribution in [2.75, 3.05) is 33.3 Å². The van der Waals surface area contributed by atoms with E-state index in [1.54, 1.807) is 13.2 Å². The van der Waals surface area contributed by atoms with Gasteiger partial charge in [-0.05, 0) is 24.6 Å². The lowest BCUT2D eigenvalue weighted by molar-refractivity contribution is 0.161. The molecule has 1 heterocycles. The predicted octanol–water partition coefficient (Wildman–Crippen LogP) is 3.00. The van der Waals surface area contributed by atoms with Crippen LogP contribution in [0.4, 0.5) is 4.39 Å². The smallest absolute Gasteiger partial charge is 0.128 e. The van der Waals surface area contributed by atoms with Crippen molar-refractivity contribution in [3.05, 3.63) is 29.6 Å². The van der Waals surface area contributed by atoms with Crippen molar-refractivity contribution in [3.8, 4) is 5.75 Å². The number of ether oxygens (including phenoxy) is 1. The molecule has 0 saturated carbocycles. The number of hydrogen-bond donors (Lipinski definition) is 1. The van der Waals surface area contributed by atoms with Gasteiger partial charge in [-0.1, -0.05) is 13.3 Å². The molecule has 0 aliphatic carbocycles. The molecule has 0 aromatic heterocycles. The van der Waals surface area contributed by atoms with Crippen molar-refractivity contribution in [1.82, 2.24) is 10.2 Å². The monoisotopic (exact) mass is 302 g/mol. The fourth-order valence-corrected chi connectivity index (χ4v) is 2.71. The number of piperazine rings is 1. The van der Waals surface area contributed by atoms with E-state index >= 15 is 0 Å². The van der Waals surface area contributed by atoms with Crippen molar-refractivity contribution in [2.45, 2.75) is 25.8 Å². The van der Waals surface area contributed by atoms with Crippen molar-refractivity contribution in [2.24, 2.45) is 0 Å². The van der Waals surface area contributed by atoms with Crippen LogP contribution in [-0.2, 0) is 0 Å². The molecule has 1 fully saturated rings. The van der Waals surface area contributed by atoms with Gasteiger partial charge in [-0.3, -0.25) is 4.90 Å². The van der Waals surface area contributed by atoms with Crippen LogP contribution in [0.1, 0.15) is 31.4 Å². The molecule has 0 unspecified atom stereocenters. The highest BCUT2D eigenvalue weighted by atomic mass is 35.5. The van der Waals surface area contributed by atoms with Crippen LogP contribution < -0.4 is 10.1 Å². The zero-order valence-corrected chi connectivity index (χ0v) is 13.0. The van der Waals surface area contributed by atoms with Crippen LogP contribution in [-0.4, -0.2) is 38.2 Å². The first-order valence-electron chi connectivity index (χ1n) is 7.04. The van der Waals surface area contributed by atoms with Gasteiger partial charge in [0.25, 0.3) is 0 Å². The molecule has 1 aromatic rings. The molecule has 114 valence electrons. The highest BCUT2D eigenvalue weighted by Crippen LogP contribution is 2.30. The van der Waals surface area contributed by atoms with Crippen LogP contribution >= 0.6 is 12.4 Å². The molecular weight excluding hydrogens is 279 g/mol. The third-order valence-electron chi connectivity index (χ3n) is 3.72. The van der Waals surface area contributed by atoms with Crippen LogP contribution in [0.5, 0.6) is 5.75 Å². The van der Waals surface area contributed by atoms with Crippen molar-refractivity contribution >= 4 is 12.4 Å². The van der Waals surface area contributed by atoms with E-state index in [4.69, 9.17) is 4.74 Å².